The fourth-order valence-corrected chi connectivity index (χ4v) is 1.22. The average molecular weight is 247 g/mol. The van der Waals surface area contributed by atoms with Crippen LogP contribution in [0.15, 0.2) is 12.4 Å². The summed E-state index contributed by atoms with van der Waals surface area (Å²) in [7, 11) is 1.62. The maximum Gasteiger partial charge on any atom is 0.261 e. The number of H-pyrrole nitrogens is 1. The molecular formula is C10H15F2N3O2. The van der Waals surface area contributed by atoms with Crippen molar-refractivity contribution in [2.24, 2.45) is 0 Å². The summed E-state index contributed by atoms with van der Waals surface area (Å²) in [6.07, 6.45) is 0.855. The maximum absolute atomic E-state index is 11.7. The molecule has 1 rings (SSSR count). The van der Waals surface area contributed by atoms with Crippen molar-refractivity contribution in [1.29, 1.82) is 0 Å². The first-order chi connectivity index (χ1) is 8.09. The van der Waals surface area contributed by atoms with Crippen LogP contribution in [0.25, 0.3) is 0 Å². The third-order valence-corrected chi connectivity index (χ3v) is 2.07. The predicted octanol–water partition coefficient (Wildman–Crippen LogP) is 1.04. The lowest BCUT2D eigenvalue weighted by atomic mass is 10.4. The zero-order valence-electron chi connectivity index (χ0n) is 9.53. The van der Waals surface area contributed by atoms with Crippen LogP contribution in [0.2, 0.25) is 0 Å². The van der Waals surface area contributed by atoms with E-state index in [0.717, 1.165) is 0 Å². The van der Waals surface area contributed by atoms with Gasteiger partial charge in [0, 0.05) is 19.4 Å². The summed E-state index contributed by atoms with van der Waals surface area (Å²) in [5.41, 5.74) is 0. The Morgan fingerprint density at radius 1 is 1.65 bits per heavy atom. The number of nitrogens with zero attached hydrogens (tertiary/aromatic N) is 2. The third kappa shape index (κ3) is 5.39. The molecule has 0 aromatic carbocycles. The first-order valence-corrected chi connectivity index (χ1v) is 5.17. The molecule has 1 N–H and O–H groups in total. The van der Waals surface area contributed by atoms with Gasteiger partial charge in [-0.05, 0) is 0 Å². The van der Waals surface area contributed by atoms with Gasteiger partial charge in [-0.3, -0.25) is 4.79 Å². The first-order valence-electron chi connectivity index (χ1n) is 5.17. The molecule has 0 atom stereocenters. The SMILES string of the molecule is CN(Cc1ncc[nH]1)C(=O)CCOCC(F)F. The minimum atomic E-state index is -2.49. The van der Waals surface area contributed by atoms with E-state index in [9.17, 15) is 13.6 Å². The zero-order valence-corrected chi connectivity index (χ0v) is 9.53. The fraction of sp³-hybridized carbons (Fsp3) is 0.600. The van der Waals surface area contributed by atoms with Gasteiger partial charge < -0.3 is 14.6 Å². The Kier molecular flexibility index (Phi) is 5.55. The van der Waals surface area contributed by atoms with Gasteiger partial charge >= 0.3 is 0 Å². The Morgan fingerprint density at radius 3 is 3.00 bits per heavy atom. The molecule has 1 aromatic rings. The monoisotopic (exact) mass is 247 g/mol. The Bertz CT molecular complexity index is 330. The molecule has 1 heterocycles. The van der Waals surface area contributed by atoms with Crippen LogP contribution in [-0.2, 0) is 16.1 Å². The quantitative estimate of drug-likeness (QED) is 0.732. The number of hydrogen-bond donors (Lipinski definition) is 1. The molecule has 0 spiro atoms. The van der Waals surface area contributed by atoms with E-state index in [2.05, 4.69) is 14.7 Å². The number of rotatable bonds is 7. The number of nitrogens with one attached hydrogen (secondary N) is 1. The molecule has 96 valence electrons. The van der Waals surface area contributed by atoms with Crippen LogP contribution in [0.4, 0.5) is 8.78 Å². The molecule has 0 unspecified atom stereocenters. The van der Waals surface area contributed by atoms with Crippen molar-refractivity contribution in [2.75, 3.05) is 20.3 Å². The second kappa shape index (κ2) is 6.95. The van der Waals surface area contributed by atoms with Crippen LogP contribution in [0.5, 0.6) is 0 Å². The lowest BCUT2D eigenvalue weighted by molar-refractivity contribution is -0.132. The molecule has 0 aliphatic rings. The third-order valence-electron chi connectivity index (χ3n) is 2.07. The highest BCUT2D eigenvalue weighted by Gasteiger charge is 2.10. The number of carbonyl (C=O) groups is 1. The fourth-order valence-electron chi connectivity index (χ4n) is 1.22. The predicted molar refractivity (Wildman–Crippen MR) is 56.5 cm³/mol. The smallest absolute Gasteiger partial charge is 0.261 e. The number of aromatic amines is 1. The van der Waals surface area contributed by atoms with Crippen LogP contribution >= 0.6 is 0 Å². The Labute approximate surface area is 97.8 Å². The summed E-state index contributed by atoms with van der Waals surface area (Å²) in [4.78, 5) is 19.8. The van der Waals surface area contributed by atoms with Crippen molar-refractivity contribution in [1.82, 2.24) is 14.9 Å². The molecule has 0 bridgehead atoms. The van der Waals surface area contributed by atoms with Crippen LogP contribution in [-0.4, -0.2) is 47.5 Å². The highest BCUT2D eigenvalue weighted by Crippen LogP contribution is 2.00. The summed E-state index contributed by atoms with van der Waals surface area (Å²) >= 11 is 0. The van der Waals surface area contributed by atoms with Gasteiger partial charge in [0.1, 0.15) is 12.4 Å². The van der Waals surface area contributed by atoms with Crippen LogP contribution in [0, 0.1) is 0 Å². The number of hydrogen-bond acceptors (Lipinski definition) is 3. The molecule has 17 heavy (non-hydrogen) atoms. The zero-order chi connectivity index (χ0) is 12.7. The van der Waals surface area contributed by atoms with E-state index in [-0.39, 0.29) is 18.9 Å². The number of imidazole rings is 1. The van der Waals surface area contributed by atoms with Crippen molar-refractivity contribution in [3.05, 3.63) is 18.2 Å². The van der Waals surface area contributed by atoms with Crippen molar-refractivity contribution in [3.8, 4) is 0 Å². The highest BCUT2D eigenvalue weighted by molar-refractivity contribution is 5.75. The van der Waals surface area contributed by atoms with Crippen molar-refractivity contribution in [2.45, 2.75) is 19.4 Å². The van der Waals surface area contributed by atoms with Crippen LogP contribution in [0.3, 0.4) is 0 Å². The lowest BCUT2D eigenvalue weighted by Gasteiger charge is -2.15. The molecule has 0 aliphatic carbocycles. The van der Waals surface area contributed by atoms with Gasteiger partial charge in [0.25, 0.3) is 6.43 Å². The molecule has 1 aromatic heterocycles. The summed E-state index contributed by atoms with van der Waals surface area (Å²) in [5, 5.41) is 0. The molecule has 0 saturated carbocycles. The average Bonchev–Trinajstić information content (AvgIpc) is 2.76. The van der Waals surface area contributed by atoms with Crippen molar-refractivity contribution < 1.29 is 18.3 Å². The van der Waals surface area contributed by atoms with Crippen molar-refractivity contribution in [3.63, 3.8) is 0 Å². The molecule has 0 saturated heterocycles. The van der Waals surface area contributed by atoms with Gasteiger partial charge in [0.2, 0.25) is 5.91 Å². The Balaban J connectivity index is 2.18. The summed E-state index contributed by atoms with van der Waals surface area (Å²) in [6.45, 7) is -0.262. The van der Waals surface area contributed by atoms with E-state index in [1.807, 2.05) is 0 Å². The van der Waals surface area contributed by atoms with E-state index in [0.29, 0.717) is 12.4 Å². The standard InChI is InChI=1S/C10H15F2N3O2/c1-15(6-9-13-3-4-14-9)10(16)2-5-17-7-8(11)12/h3-4,8H,2,5-7H2,1H3,(H,13,14). The van der Waals surface area contributed by atoms with Gasteiger partial charge in [-0.25, -0.2) is 13.8 Å². The maximum atomic E-state index is 11.7. The summed E-state index contributed by atoms with van der Waals surface area (Å²) in [5.74, 6) is 0.505. The van der Waals surface area contributed by atoms with Gasteiger partial charge in [0.15, 0.2) is 0 Å². The van der Waals surface area contributed by atoms with E-state index in [1.54, 1.807) is 19.4 Å². The number of aromatic nitrogens is 2. The van der Waals surface area contributed by atoms with Crippen LogP contribution in [0.1, 0.15) is 12.2 Å². The van der Waals surface area contributed by atoms with Gasteiger partial charge in [-0.1, -0.05) is 0 Å². The van der Waals surface area contributed by atoms with Gasteiger partial charge in [-0.15, -0.1) is 0 Å². The number of ether oxygens (including phenoxy) is 1. The molecule has 5 nitrogen and oxygen atoms in total. The lowest BCUT2D eigenvalue weighted by Crippen LogP contribution is -2.27. The largest absolute Gasteiger partial charge is 0.375 e. The molecular weight excluding hydrogens is 232 g/mol. The first kappa shape index (κ1) is 13.6. The van der Waals surface area contributed by atoms with Gasteiger partial charge in [-0.2, -0.15) is 0 Å². The normalized spacial score (nSPS) is 10.8. The molecule has 0 fully saturated rings. The minimum Gasteiger partial charge on any atom is -0.375 e. The number of alkyl halides is 2. The number of carbonyl (C=O) groups excluding carboxylic acids is 1. The Morgan fingerprint density at radius 2 is 2.41 bits per heavy atom. The van der Waals surface area contributed by atoms with E-state index in [1.165, 1.54) is 4.90 Å². The highest BCUT2D eigenvalue weighted by atomic mass is 19.3. The summed E-state index contributed by atoms with van der Waals surface area (Å²) < 4.78 is 28.1. The number of halogens is 2. The molecule has 7 heteroatoms. The summed E-state index contributed by atoms with van der Waals surface area (Å²) in [6, 6.07) is 0. The second-order valence-corrected chi connectivity index (χ2v) is 3.50. The van der Waals surface area contributed by atoms with E-state index in [4.69, 9.17) is 0 Å². The molecule has 0 aliphatic heterocycles. The number of amides is 1. The second-order valence-electron chi connectivity index (χ2n) is 3.50. The van der Waals surface area contributed by atoms with E-state index < -0.39 is 13.0 Å². The van der Waals surface area contributed by atoms with Gasteiger partial charge in [0.05, 0.1) is 19.6 Å². The van der Waals surface area contributed by atoms with Crippen LogP contribution < -0.4 is 0 Å². The topological polar surface area (TPSA) is 58.2 Å². The molecule has 1 amide bonds. The molecule has 0 radical (unpaired) electrons. The van der Waals surface area contributed by atoms with Crippen molar-refractivity contribution >= 4 is 5.91 Å². The van der Waals surface area contributed by atoms with E-state index >= 15 is 0 Å². The Hall–Kier alpha value is -1.50. The minimum absolute atomic E-state index is 0.00562.